The summed E-state index contributed by atoms with van der Waals surface area (Å²) in [7, 11) is 1.39. The highest BCUT2D eigenvalue weighted by Gasteiger charge is 2.30. The molecule has 1 saturated heterocycles. The largest absolute Gasteiger partial charge is 0.467 e. The number of methoxy groups -OCH3 is 1. The fourth-order valence-corrected chi connectivity index (χ4v) is 5.59. The molecule has 5 rings (SSSR count). The molecule has 2 N–H and O–H groups in total. The van der Waals surface area contributed by atoms with E-state index in [0.717, 1.165) is 11.3 Å². The molecule has 186 valence electrons. The van der Waals surface area contributed by atoms with Gasteiger partial charge in [0.05, 0.1) is 22.3 Å². The lowest BCUT2D eigenvalue weighted by Gasteiger charge is -2.40. The number of ether oxygens (including phenoxy) is 1. The number of fused-ring (bicyclic) bond motifs is 2. The molecule has 8 nitrogen and oxygen atoms in total. The van der Waals surface area contributed by atoms with Crippen molar-refractivity contribution in [2.45, 2.75) is 13.0 Å². The average Bonchev–Trinajstić information content (AvgIpc) is 3.26. The van der Waals surface area contributed by atoms with E-state index < -0.39 is 11.6 Å². The van der Waals surface area contributed by atoms with Crippen LogP contribution in [0.5, 0.6) is 6.01 Å². The number of thiazole rings is 1. The van der Waals surface area contributed by atoms with Gasteiger partial charge in [-0.05, 0) is 31.2 Å². The van der Waals surface area contributed by atoms with Crippen molar-refractivity contribution in [3.8, 4) is 17.1 Å². The number of aromatic nitrogens is 3. The van der Waals surface area contributed by atoms with Crippen LogP contribution in [0.1, 0.15) is 6.92 Å². The normalized spacial score (nSPS) is 16.1. The van der Waals surface area contributed by atoms with E-state index in [1.165, 1.54) is 25.3 Å². The SMILES string of the molecule is C=CC(=O)N1CCN(c2nc(OC)nc3c(F)c(-c4ccc(F)c5sc(N)nc45)c(Cl)cc23)C[C@H]1C. The molecule has 0 unspecified atom stereocenters. The average molecular weight is 531 g/mol. The first-order valence-electron chi connectivity index (χ1n) is 11.0. The predicted octanol–water partition coefficient (Wildman–Crippen LogP) is 4.65. The van der Waals surface area contributed by atoms with Crippen LogP contribution in [0, 0.1) is 11.6 Å². The predicted molar refractivity (Wildman–Crippen MR) is 138 cm³/mol. The Balaban J connectivity index is 1.68. The number of amides is 1. The Morgan fingerprint density at radius 1 is 1.28 bits per heavy atom. The molecule has 0 aliphatic carbocycles. The van der Waals surface area contributed by atoms with Crippen molar-refractivity contribution in [2.24, 2.45) is 0 Å². The van der Waals surface area contributed by atoms with Gasteiger partial charge in [0, 0.05) is 42.2 Å². The smallest absolute Gasteiger partial charge is 0.318 e. The van der Waals surface area contributed by atoms with Gasteiger partial charge in [0.1, 0.15) is 17.2 Å². The molecule has 1 fully saturated rings. The summed E-state index contributed by atoms with van der Waals surface area (Å²) in [5.41, 5.74) is 6.34. The third kappa shape index (κ3) is 3.88. The Morgan fingerprint density at radius 3 is 2.75 bits per heavy atom. The lowest BCUT2D eigenvalue weighted by atomic mass is 10.0. The Kier molecular flexibility index (Phi) is 6.13. The first-order chi connectivity index (χ1) is 17.2. The molecule has 1 atom stereocenters. The van der Waals surface area contributed by atoms with E-state index in [-0.39, 0.29) is 49.4 Å². The van der Waals surface area contributed by atoms with Crippen LogP contribution in [0.25, 0.3) is 32.2 Å². The second-order valence-corrected chi connectivity index (χ2v) is 9.77. The number of benzene rings is 2. The molecule has 0 saturated carbocycles. The van der Waals surface area contributed by atoms with Crippen molar-refractivity contribution in [1.29, 1.82) is 0 Å². The summed E-state index contributed by atoms with van der Waals surface area (Å²) >= 11 is 7.60. The van der Waals surface area contributed by atoms with E-state index in [2.05, 4.69) is 21.5 Å². The molecule has 0 radical (unpaired) electrons. The van der Waals surface area contributed by atoms with Gasteiger partial charge in [-0.15, -0.1) is 0 Å². The minimum atomic E-state index is -0.715. The van der Waals surface area contributed by atoms with Gasteiger partial charge in [-0.3, -0.25) is 4.79 Å². The van der Waals surface area contributed by atoms with Crippen LogP contribution in [0.4, 0.5) is 19.7 Å². The van der Waals surface area contributed by atoms with Crippen LogP contribution in [-0.4, -0.2) is 58.5 Å². The summed E-state index contributed by atoms with van der Waals surface area (Å²) in [6, 6.07) is 4.07. The molecule has 2 aromatic heterocycles. The number of nitrogens with zero attached hydrogens (tertiary/aromatic N) is 5. The molecule has 12 heteroatoms. The van der Waals surface area contributed by atoms with Gasteiger partial charge in [-0.1, -0.05) is 29.5 Å². The second kappa shape index (κ2) is 9.14. The lowest BCUT2D eigenvalue weighted by Crippen LogP contribution is -2.54. The number of nitrogens with two attached hydrogens (primary N) is 1. The zero-order valence-corrected chi connectivity index (χ0v) is 21.0. The first kappa shape index (κ1) is 24.1. The fourth-order valence-electron chi connectivity index (χ4n) is 4.53. The molecular formula is C24H21ClF2N6O2S. The van der Waals surface area contributed by atoms with Crippen molar-refractivity contribution < 1.29 is 18.3 Å². The summed E-state index contributed by atoms with van der Waals surface area (Å²) < 4.78 is 36.0. The molecule has 3 heterocycles. The van der Waals surface area contributed by atoms with Crippen LogP contribution < -0.4 is 15.4 Å². The van der Waals surface area contributed by atoms with Gasteiger partial charge < -0.3 is 20.3 Å². The maximum Gasteiger partial charge on any atom is 0.318 e. The first-order valence-corrected chi connectivity index (χ1v) is 12.2. The minimum absolute atomic E-state index is 0.00539. The maximum absolute atomic E-state index is 16.1. The summed E-state index contributed by atoms with van der Waals surface area (Å²) in [6.45, 7) is 6.82. The molecule has 2 aromatic carbocycles. The quantitative estimate of drug-likeness (QED) is 0.383. The third-order valence-electron chi connectivity index (χ3n) is 6.19. The molecule has 36 heavy (non-hydrogen) atoms. The number of anilines is 2. The lowest BCUT2D eigenvalue weighted by molar-refractivity contribution is -0.128. The monoisotopic (exact) mass is 530 g/mol. The van der Waals surface area contributed by atoms with E-state index in [9.17, 15) is 9.18 Å². The van der Waals surface area contributed by atoms with E-state index in [4.69, 9.17) is 22.1 Å². The van der Waals surface area contributed by atoms with Crippen molar-refractivity contribution in [3.05, 3.63) is 47.5 Å². The van der Waals surface area contributed by atoms with E-state index in [1.54, 1.807) is 11.0 Å². The molecule has 0 spiro atoms. The second-order valence-electron chi connectivity index (χ2n) is 8.33. The van der Waals surface area contributed by atoms with Crippen LogP contribution >= 0.6 is 22.9 Å². The van der Waals surface area contributed by atoms with Gasteiger partial charge in [0.15, 0.2) is 10.9 Å². The topological polar surface area (TPSA) is 97.5 Å². The van der Waals surface area contributed by atoms with Crippen molar-refractivity contribution in [1.82, 2.24) is 19.9 Å². The third-order valence-corrected chi connectivity index (χ3v) is 7.38. The fraction of sp³-hybridized carbons (Fsp3) is 0.250. The number of halogens is 3. The van der Waals surface area contributed by atoms with E-state index in [1.807, 2.05) is 11.8 Å². The summed E-state index contributed by atoms with van der Waals surface area (Å²) in [6.07, 6.45) is 1.29. The molecular weight excluding hydrogens is 510 g/mol. The maximum atomic E-state index is 16.1. The summed E-state index contributed by atoms with van der Waals surface area (Å²) in [4.78, 5) is 28.8. The standard InChI is InChI=1S/C24H21ClF2N6O2S/c1-4-16(34)33-8-7-32(10-11(33)2)22-13-9-14(25)17(18(27)19(13)30-24(31-22)35-3)12-5-6-15(26)21-20(12)29-23(28)36-21/h4-6,9,11H,1,7-8,10H2,2-3H3,(H2,28,29)/t11-/m1/s1. The van der Waals surface area contributed by atoms with Crippen LogP contribution in [0.15, 0.2) is 30.9 Å². The highest BCUT2D eigenvalue weighted by atomic mass is 35.5. The summed E-state index contributed by atoms with van der Waals surface area (Å²) in [5, 5.41) is 0.625. The zero-order valence-electron chi connectivity index (χ0n) is 19.4. The number of rotatable bonds is 4. The Labute approximate surface area is 214 Å². The van der Waals surface area contributed by atoms with E-state index in [0.29, 0.717) is 36.4 Å². The van der Waals surface area contributed by atoms with Gasteiger partial charge in [-0.2, -0.15) is 9.97 Å². The molecule has 4 aromatic rings. The van der Waals surface area contributed by atoms with Crippen LogP contribution in [-0.2, 0) is 4.79 Å². The van der Waals surface area contributed by atoms with Crippen molar-refractivity contribution >= 4 is 60.9 Å². The Morgan fingerprint density at radius 2 is 2.06 bits per heavy atom. The number of carbonyl (C=O) groups excluding carboxylic acids is 1. The van der Waals surface area contributed by atoms with Gasteiger partial charge >= 0.3 is 6.01 Å². The van der Waals surface area contributed by atoms with Crippen LogP contribution in [0.2, 0.25) is 5.02 Å². The number of carbonyl (C=O) groups is 1. The van der Waals surface area contributed by atoms with Crippen molar-refractivity contribution in [3.63, 3.8) is 0 Å². The highest BCUT2D eigenvalue weighted by Crippen LogP contribution is 2.42. The number of hydrogen-bond acceptors (Lipinski definition) is 8. The van der Waals surface area contributed by atoms with Gasteiger partial charge in [-0.25, -0.2) is 13.8 Å². The number of nitrogen functional groups attached to an aromatic ring is 1. The van der Waals surface area contributed by atoms with Crippen molar-refractivity contribution in [2.75, 3.05) is 37.4 Å². The molecule has 0 bridgehead atoms. The minimum Gasteiger partial charge on any atom is -0.467 e. The zero-order chi connectivity index (χ0) is 25.7. The van der Waals surface area contributed by atoms with Crippen LogP contribution in [0.3, 0.4) is 0 Å². The van der Waals surface area contributed by atoms with E-state index >= 15 is 4.39 Å². The Bertz CT molecular complexity index is 1540. The van der Waals surface area contributed by atoms with Gasteiger partial charge in [0.2, 0.25) is 5.91 Å². The molecule has 1 amide bonds. The Hall–Kier alpha value is -3.57. The molecule has 1 aliphatic rings. The number of piperazine rings is 1. The molecule has 1 aliphatic heterocycles. The number of hydrogen-bond donors (Lipinski definition) is 1. The highest BCUT2D eigenvalue weighted by molar-refractivity contribution is 7.22. The summed E-state index contributed by atoms with van der Waals surface area (Å²) in [5.74, 6) is -0.939. The van der Waals surface area contributed by atoms with Gasteiger partial charge in [0.25, 0.3) is 0 Å².